The van der Waals surface area contributed by atoms with Crippen molar-refractivity contribution in [2.75, 3.05) is 20.1 Å². The molecule has 4 aromatic rings. The van der Waals surface area contributed by atoms with E-state index in [0.29, 0.717) is 11.9 Å². The average molecular weight is 478 g/mol. The number of likely N-dealkylation sites (tertiary alicyclic amines) is 1. The molecule has 1 aliphatic rings. The van der Waals surface area contributed by atoms with Crippen LogP contribution in [-0.2, 0) is 6.42 Å². The lowest BCUT2D eigenvalue weighted by Gasteiger charge is -2.28. The first-order chi connectivity index (χ1) is 16.0. The molecule has 0 unspecified atom stereocenters. The van der Waals surface area contributed by atoms with Crippen LogP contribution in [0.15, 0.2) is 48.7 Å². The normalized spacial score (nSPS) is 16.1. The molecule has 1 saturated heterocycles. The van der Waals surface area contributed by atoms with Gasteiger partial charge < -0.3 is 9.64 Å². The Balaban J connectivity index is 0.00000274. The maximum atomic E-state index is 6.32. The van der Waals surface area contributed by atoms with E-state index < -0.39 is 0 Å². The summed E-state index contributed by atoms with van der Waals surface area (Å²) in [5, 5.41) is 7.24. The van der Waals surface area contributed by atoms with Gasteiger partial charge in [-0.1, -0.05) is 63.2 Å². The van der Waals surface area contributed by atoms with Crippen LogP contribution in [0.1, 0.15) is 62.4 Å². The first kappa shape index (κ1) is 24.5. The molecule has 7 heteroatoms. The third-order valence-corrected chi connectivity index (χ3v) is 6.84. The molecule has 0 radical (unpaired) electrons. The monoisotopic (exact) mass is 477 g/mol. The van der Waals surface area contributed by atoms with Gasteiger partial charge in [0.15, 0.2) is 5.65 Å². The highest BCUT2D eigenvalue weighted by Gasteiger charge is 2.23. The summed E-state index contributed by atoms with van der Waals surface area (Å²) in [4.78, 5) is 12.0. The molecule has 1 fully saturated rings. The van der Waals surface area contributed by atoms with E-state index in [2.05, 4.69) is 80.3 Å². The van der Waals surface area contributed by atoms with Crippen molar-refractivity contribution >= 4 is 29.9 Å². The standard InChI is InChI=1S/C27H33N5O.H2S/c1-18(2)24-17-28-32-25(16-19(3)22-11-7-9-20-8-5-6-10-23(20)22)29-27(30-26(24)32)33-21-12-14-31(4)15-13-21;/h5-11,17-19,21H,12-16H2,1-4H3;1H2/t19-;/m1./s1. The second kappa shape index (κ2) is 10.3. The third-order valence-electron chi connectivity index (χ3n) is 6.84. The van der Waals surface area contributed by atoms with Crippen LogP contribution < -0.4 is 4.74 Å². The summed E-state index contributed by atoms with van der Waals surface area (Å²) < 4.78 is 8.24. The molecule has 2 aromatic carbocycles. The zero-order valence-electron chi connectivity index (χ0n) is 20.5. The van der Waals surface area contributed by atoms with Crippen LogP contribution in [0.25, 0.3) is 16.4 Å². The van der Waals surface area contributed by atoms with Gasteiger partial charge >= 0.3 is 6.01 Å². The minimum atomic E-state index is 0. The Kier molecular flexibility index (Phi) is 7.43. The van der Waals surface area contributed by atoms with Gasteiger partial charge in [0.1, 0.15) is 11.9 Å². The lowest BCUT2D eigenvalue weighted by atomic mass is 9.92. The zero-order valence-corrected chi connectivity index (χ0v) is 21.5. The van der Waals surface area contributed by atoms with Crippen molar-refractivity contribution in [2.24, 2.45) is 0 Å². The van der Waals surface area contributed by atoms with Gasteiger partial charge in [-0.25, -0.2) is 4.52 Å². The molecule has 1 aliphatic heterocycles. The number of fused-ring (bicyclic) bond motifs is 2. The summed E-state index contributed by atoms with van der Waals surface area (Å²) in [6, 6.07) is 15.6. The van der Waals surface area contributed by atoms with Crippen molar-refractivity contribution in [3.63, 3.8) is 0 Å². The number of ether oxygens (including phenoxy) is 1. The minimum absolute atomic E-state index is 0. The van der Waals surface area contributed by atoms with Crippen LogP contribution in [-0.4, -0.2) is 50.7 Å². The van der Waals surface area contributed by atoms with Crippen molar-refractivity contribution < 1.29 is 4.74 Å². The molecule has 1 atom stereocenters. The van der Waals surface area contributed by atoms with Gasteiger partial charge in [-0.15, -0.1) is 0 Å². The molecule has 0 spiro atoms. The second-order valence-corrected chi connectivity index (χ2v) is 9.71. The first-order valence-electron chi connectivity index (χ1n) is 12.1. The summed E-state index contributed by atoms with van der Waals surface area (Å²) in [5.41, 5.74) is 3.32. The molecule has 0 bridgehead atoms. The summed E-state index contributed by atoms with van der Waals surface area (Å²) in [6.45, 7) is 8.70. The summed E-state index contributed by atoms with van der Waals surface area (Å²) >= 11 is 0. The lowest BCUT2D eigenvalue weighted by molar-refractivity contribution is 0.105. The van der Waals surface area contributed by atoms with E-state index in [1.54, 1.807) is 0 Å². The van der Waals surface area contributed by atoms with E-state index in [1.165, 1.54) is 16.3 Å². The molecule has 6 nitrogen and oxygen atoms in total. The summed E-state index contributed by atoms with van der Waals surface area (Å²) in [6.07, 6.45) is 4.86. The SMILES string of the molecule is CC(C)c1cnn2c(C[C@@H](C)c3cccc4ccccc34)nc(OC3CCN(C)CC3)nc12.S. The van der Waals surface area contributed by atoms with Crippen LogP contribution >= 0.6 is 13.5 Å². The van der Waals surface area contributed by atoms with Crippen molar-refractivity contribution in [2.45, 2.75) is 58.0 Å². The highest BCUT2D eigenvalue weighted by molar-refractivity contribution is 7.59. The van der Waals surface area contributed by atoms with Crippen molar-refractivity contribution in [1.29, 1.82) is 0 Å². The van der Waals surface area contributed by atoms with E-state index in [0.717, 1.165) is 49.4 Å². The van der Waals surface area contributed by atoms with Crippen LogP contribution in [0.4, 0.5) is 0 Å². The fraction of sp³-hybridized carbons (Fsp3) is 0.444. The highest BCUT2D eigenvalue weighted by Crippen LogP contribution is 2.29. The number of aromatic nitrogens is 4. The molecular weight excluding hydrogens is 442 g/mol. The molecular formula is C27H35N5OS. The summed E-state index contributed by atoms with van der Waals surface area (Å²) in [5.74, 6) is 1.50. The summed E-state index contributed by atoms with van der Waals surface area (Å²) in [7, 11) is 2.16. The fourth-order valence-electron chi connectivity index (χ4n) is 4.84. The number of hydrogen-bond acceptors (Lipinski definition) is 5. The number of hydrogen-bond donors (Lipinski definition) is 0. The topological polar surface area (TPSA) is 55.6 Å². The van der Waals surface area contributed by atoms with Crippen molar-refractivity contribution in [3.8, 4) is 6.01 Å². The Morgan fingerprint density at radius 1 is 0.971 bits per heavy atom. The van der Waals surface area contributed by atoms with Crippen molar-refractivity contribution in [3.05, 3.63) is 65.6 Å². The van der Waals surface area contributed by atoms with E-state index >= 15 is 0 Å². The molecule has 0 amide bonds. The fourth-order valence-corrected chi connectivity index (χ4v) is 4.84. The molecule has 0 saturated carbocycles. The predicted molar refractivity (Wildman–Crippen MR) is 142 cm³/mol. The molecule has 5 rings (SSSR count). The lowest BCUT2D eigenvalue weighted by Crippen LogP contribution is -2.36. The Hall–Kier alpha value is -2.64. The van der Waals surface area contributed by atoms with Crippen LogP contribution in [0, 0.1) is 0 Å². The van der Waals surface area contributed by atoms with Gasteiger partial charge in [-0.05, 0) is 48.1 Å². The molecule has 180 valence electrons. The maximum absolute atomic E-state index is 6.32. The predicted octanol–water partition coefficient (Wildman–Crippen LogP) is 5.33. The zero-order chi connectivity index (χ0) is 22.9. The van der Waals surface area contributed by atoms with Crippen LogP contribution in [0.2, 0.25) is 0 Å². The van der Waals surface area contributed by atoms with Crippen molar-refractivity contribution in [1.82, 2.24) is 24.5 Å². The smallest absolute Gasteiger partial charge is 0.320 e. The first-order valence-corrected chi connectivity index (χ1v) is 12.1. The van der Waals surface area contributed by atoms with Gasteiger partial charge in [0.25, 0.3) is 0 Å². The van der Waals surface area contributed by atoms with Crippen LogP contribution in [0.3, 0.4) is 0 Å². The molecule has 0 aliphatic carbocycles. The number of rotatable bonds is 6. The molecule has 2 aromatic heterocycles. The second-order valence-electron chi connectivity index (χ2n) is 9.71. The molecule has 3 heterocycles. The quantitative estimate of drug-likeness (QED) is 0.376. The molecule has 0 N–H and O–H groups in total. The van der Waals surface area contributed by atoms with E-state index in [1.807, 2.05) is 10.7 Å². The number of piperidine rings is 1. The largest absolute Gasteiger partial charge is 0.460 e. The van der Waals surface area contributed by atoms with Crippen LogP contribution in [0.5, 0.6) is 6.01 Å². The minimum Gasteiger partial charge on any atom is -0.460 e. The Morgan fingerprint density at radius 2 is 1.71 bits per heavy atom. The van der Waals surface area contributed by atoms with Gasteiger partial charge in [0, 0.05) is 25.1 Å². The molecule has 34 heavy (non-hydrogen) atoms. The Labute approximate surface area is 208 Å². The van der Waals surface area contributed by atoms with E-state index in [4.69, 9.17) is 14.7 Å². The third kappa shape index (κ3) is 4.91. The van der Waals surface area contributed by atoms with Gasteiger partial charge in [0.05, 0.1) is 6.20 Å². The maximum Gasteiger partial charge on any atom is 0.320 e. The number of benzene rings is 2. The van der Waals surface area contributed by atoms with E-state index in [9.17, 15) is 0 Å². The Bertz CT molecular complexity index is 1260. The van der Waals surface area contributed by atoms with Gasteiger partial charge in [-0.2, -0.15) is 28.6 Å². The average Bonchev–Trinajstić information content (AvgIpc) is 3.25. The van der Waals surface area contributed by atoms with Gasteiger partial charge in [-0.3, -0.25) is 0 Å². The van der Waals surface area contributed by atoms with Gasteiger partial charge in [0.2, 0.25) is 0 Å². The Morgan fingerprint density at radius 3 is 2.47 bits per heavy atom. The number of nitrogens with zero attached hydrogens (tertiary/aromatic N) is 5. The van der Waals surface area contributed by atoms with E-state index in [-0.39, 0.29) is 25.5 Å². The highest BCUT2D eigenvalue weighted by atomic mass is 32.1.